The van der Waals surface area contributed by atoms with Crippen LogP contribution in [0.15, 0.2) is 21.5 Å². The number of carbonyl (C=O) groups excluding carboxylic acids is 1. The topological polar surface area (TPSA) is 54.5 Å². The van der Waals surface area contributed by atoms with Crippen molar-refractivity contribution in [2.75, 3.05) is 0 Å². The maximum Gasteiger partial charge on any atom is 0.262 e. The lowest BCUT2D eigenvalue weighted by molar-refractivity contribution is 0.0710. The summed E-state index contributed by atoms with van der Waals surface area (Å²) in [6.45, 7) is 4.34. The van der Waals surface area contributed by atoms with Crippen molar-refractivity contribution in [3.05, 3.63) is 27.7 Å². The van der Waals surface area contributed by atoms with Gasteiger partial charge in [-0.15, -0.1) is 0 Å². The van der Waals surface area contributed by atoms with Gasteiger partial charge in [0.25, 0.3) is 15.0 Å². The maximum atomic E-state index is 12.4. The first kappa shape index (κ1) is 14.8. The summed E-state index contributed by atoms with van der Waals surface area (Å²) in [5, 5.41) is 0. The summed E-state index contributed by atoms with van der Waals surface area (Å²) < 4.78 is 23.8. The number of carbonyl (C=O) groups is 1. The summed E-state index contributed by atoms with van der Waals surface area (Å²) in [6, 6.07) is 3.20. The standard InChI is InChI=1S/C12H13BrClNO3S/c1-3-7(2)15-6-8-4-9(13)5-10(19(14,17)18)11(8)12(15)16/h4-5,7H,3,6H2,1-2H3. The van der Waals surface area contributed by atoms with Crippen LogP contribution < -0.4 is 0 Å². The average Bonchev–Trinajstić information content (AvgIpc) is 2.63. The van der Waals surface area contributed by atoms with Crippen molar-refractivity contribution in [2.45, 2.75) is 37.8 Å². The molecular weight excluding hydrogens is 354 g/mol. The molecule has 1 amide bonds. The van der Waals surface area contributed by atoms with Crippen LogP contribution in [-0.4, -0.2) is 25.3 Å². The number of rotatable bonds is 3. The van der Waals surface area contributed by atoms with Crippen molar-refractivity contribution in [2.24, 2.45) is 0 Å². The highest BCUT2D eigenvalue weighted by molar-refractivity contribution is 9.10. The molecule has 1 aliphatic rings. The van der Waals surface area contributed by atoms with Crippen molar-refractivity contribution in [1.29, 1.82) is 0 Å². The molecule has 0 aliphatic carbocycles. The van der Waals surface area contributed by atoms with Gasteiger partial charge in [0.05, 0.1) is 10.5 Å². The molecule has 1 atom stereocenters. The summed E-state index contributed by atoms with van der Waals surface area (Å²) in [4.78, 5) is 13.9. The molecule has 0 aromatic heterocycles. The van der Waals surface area contributed by atoms with E-state index in [0.717, 1.165) is 6.42 Å². The average molecular weight is 367 g/mol. The zero-order valence-corrected chi connectivity index (χ0v) is 13.6. The Morgan fingerprint density at radius 1 is 1.47 bits per heavy atom. The summed E-state index contributed by atoms with van der Waals surface area (Å²) in [6.07, 6.45) is 0.809. The molecule has 1 heterocycles. The molecule has 0 saturated carbocycles. The van der Waals surface area contributed by atoms with Gasteiger partial charge in [0, 0.05) is 27.7 Å². The second-order valence-electron chi connectivity index (χ2n) is 4.57. The molecule has 104 valence electrons. The van der Waals surface area contributed by atoms with Gasteiger partial charge in [-0.2, -0.15) is 0 Å². The van der Waals surface area contributed by atoms with E-state index in [1.807, 2.05) is 13.8 Å². The molecule has 1 aliphatic heterocycles. The molecule has 0 saturated heterocycles. The predicted molar refractivity (Wildman–Crippen MR) is 76.8 cm³/mol. The highest BCUT2D eigenvalue weighted by atomic mass is 79.9. The number of amides is 1. The molecule has 0 bridgehead atoms. The third-order valence-electron chi connectivity index (χ3n) is 3.35. The summed E-state index contributed by atoms with van der Waals surface area (Å²) in [5.74, 6) is -0.268. The van der Waals surface area contributed by atoms with E-state index in [1.54, 1.807) is 11.0 Å². The van der Waals surface area contributed by atoms with E-state index in [9.17, 15) is 13.2 Å². The molecule has 1 unspecified atom stereocenters. The third kappa shape index (κ3) is 2.66. The SMILES string of the molecule is CCC(C)N1Cc2cc(Br)cc(S(=O)(=O)Cl)c2C1=O. The number of benzene rings is 1. The molecule has 19 heavy (non-hydrogen) atoms. The lowest BCUT2D eigenvalue weighted by Crippen LogP contribution is -2.32. The van der Waals surface area contributed by atoms with Crippen molar-refractivity contribution in [1.82, 2.24) is 4.90 Å². The molecule has 2 rings (SSSR count). The van der Waals surface area contributed by atoms with Crippen LogP contribution in [0.3, 0.4) is 0 Å². The fraction of sp³-hybridized carbons (Fsp3) is 0.417. The quantitative estimate of drug-likeness (QED) is 0.772. The largest absolute Gasteiger partial charge is 0.332 e. The van der Waals surface area contributed by atoms with Crippen LogP contribution >= 0.6 is 26.6 Å². The first-order valence-corrected chi connectivity index (χ1v) is 8.94. The molecular formula is C12H13BrClNO3S. The number of halogens is 2. The first-order chi connectivity index (χ1) is 8.75. The smallest absolute Gasteiger partial charge is 0.262 e. The Balaban J connectivity index is 2.61. The highest BCUT2D eigenvalue weighted by Gasteiger charge is 2.35. The van der Waals surface area contributed by atoms with Crippen molar-refractivity contribution in [3.63, 3.8) is 0 Å². The lowest BCUT2D eigenvalue weighted by atomic mass is 10.1. The predicted octanol–water partition coefficient (Wildman–Crippen LogP) is 3.13. The summed E-state index contributed by atoms with van der Waals surface area (Å²) in [7, 11) is 1.48. The zero-order valence-electron chi connectivity index (χ0n) is 10.5. The molecule has 0 N–H and O–H groups in total. The molecule has 1 aromatic carbocycles. The van der Waals surface area contributed by atoms with Gasteiger partial charge in [-0.3, -0.25) is 4.79 Å². The normalized spacial score (nSPS) is 16.6. The van der Waals surface area contributed by atoms with Crippen LogP contribution in [0, 0.1) is 0 Å². The van der Waals surface area contributed by atoms with Gasteiger partial charge in [-0.1, -0.05) is 22.9 Å². The second kappa shape index (κ2) is 5.07. The van der Waals surface area contributed by atoms with Gasteiger partial charge < -0.3 is 4.90 Å². The van der Waals surface area contributed by atoms with Gasteiger partial charge in [-0.25, -0.2) is 8.42 Å². The maximum absolute atomic E-state index is 12.4. The minimum atomic E-state index is -3.94. The Morgan fingerprint density at radius 3 is 2.63 bits per heavy atom. The Labute approximate surface area is 125 Å². The van der Waals surface area contributed by atoms with E-state index in [-0.39, 0.29) is 22.4 Å². The van der Waals surface area contributed by atoms with E-state index in [2.05, 4.69) is 15.9 Å². The van der Waals surface area contributed by atoms with Gasteiger partial charge in [0.15, 0.2) is 0 Å². The van der Waals surface area contributed by atoms with E-state index in [0.29, 0.717) is 16.6 Å². The number of hydrogen-bond donors (Lipinski definition) is 0. The molecule has 0 radical (unpaired) electrons. The number of hydrogen-bond acceptors (Lipinski definition) is 3. The van der Waals surface area contributed by atoms with Gasteiger partial charge in [0.1, 0.15) is 0 Å². The fourth-order valence-corrected chi connectivity index (χ4v) is 3.92. The first-order valence-electron chi connectivity index (χ1n) is 5.83. The Kier molecular flexibility index (Phi) is 3.95. The van der Waals surface area contributed by atoms with E-state index >= 15 is 0 Å². The lowest BCUT2D eigenvalue weighted by Gasteiger charge is -2.22. The summed E-state index contributed by atoms with van der Waals surface area (Å²) >= 11 is 3.25. The van der Waals surface area contributed by atoms with Crippen molar-refractivity contribution < 1.29 is 13.2 Å². The van der Waals surface area contributed by atoms with Crippen LogP contribution in [0.5, 0.6) is 0 Å². The fourth-order valence-electron chi connectivity index (χ4n) is 2.17. The Morgan fingerprint density at radius 2 is 2.11 bits per heavy atom. The van der Waals surface area contributed by atoms with Crippen molar-refractivity contribution >= 4 is 41.6 Å². The van der Waals surface area contributed by atoms with Crippen LogP contribution in [0.1, 0.15) is 36.2 Å². The van der Waals surface area contributed by atoms with Crippen LogP contribution in [-0.2, 0) is 15.6 Å². The van der Waals surface area contributed by atoms with Gasteiger partial charge in [0.2, 0.25) is 0 Å². The molecule has 0 spiro atoms. The van der Waals surface area contributed by atoms with Crippen molar-refractivity contribution in [3.8, 4) is 0 Å². The van der Waals surface area contributed by atoms with Crippen LogP contribution in [0.4, 0.5) is 0 Å². The minimum absolute atomic E-state index is 0.0598. The number of fused-ring (bicyclic) bond motifs is 1. The number of nitrogens with zero attached hydrogens (tertiary/aromatic N) is 1. The van der Waals surface area contributed by atoms with Gasteiger partial charge in [-0.05, 0) is 31.0 Å². The van der Waals surface area contributed by atoms with E-state index < -0.39 is 9.05 Å². The molecule has 4 nitrogen and oxygen atoms in total. The van der Waals surface area contributed by atoms with E-state index in [1.165, 1.54) is 6.07 Å². The Bertz CT molecular complexity index is 645. The van der Waals surface area contributed by atoms with Crippen LogP contribution in [0.25, 0.3) is 0 Å². The summed E-state index contributed by atoms with van der Waals surface area (Å²) in [5.41, 5.74) is 0.900. The minimum Gasteiger partial charge on any atom is -0.332 e. The molecule has 0 fully saturated rings. The van der Waals surface area contributed by atoms with E-state index in [4.69, 9.17) is 10.7 Å². The third-order valence-corrected chi connectivity index (χ3v) is 5.15. The molecule has 7 heteroatoms. The van der Waals surface area contributed by atoms with Crippen LogP contribution in [0.2, 0.25) is 0 Å². The highest BCUT2D eigenvalue weighted by Crippen LogP contribution is 2.34. The van der Waals surface area contributed by atoms with Gasteiger partial charge >= 0.3 is 0 Å². The monoisotopic (exact) mass is 365 g/mol. The zero-order chi connectivity index (χ0) is 14.4. The Hall–Kier alpha value is -0.590. The second-order valence-corrected chi connectivity index (χ2v) is 8.02. The molecule has 1 aromatic rings.